The molecule has 0 fully saturated rings. The summed E-state index contributed by atoms with van der Waals surface area (Å²) < 4.78 is 5.12. The molecule has 78 valence electrons. The highest BCUT2D eigenvalue weighted by Gasteiger charge is 2.06. The molecule has 0 N–H and O–H groups in total. The van der Waals surface area contributed by atoms with Gasteiger partial charge in [0, 0.05) is 0 Å². The van der Waals surface area contributed by atoms with Gasteiger partial charge in [-0.05, 0) is 50.1 Å². The Balaban J connectivity index is 3.29. The summed E-state index contributed by atoms with van der Waals surface area (Å²) in [7, 11) is 1.64. The number of aryl methyl sites for hydroxylation is 1. The van der Waals surface area contributed by atoms with Crippen LogP contribution in [0.25, 0.3) is 5.57 Å². The molecule has 1 rings (SSSR count). The summed E-state index contributed by atoms with van der Waals surface area (Å²) in [6.07, 6.45) is 0. The van der Waals surface area contributed by atoms with E-state index in [1.807, 2.05) is 39.0 Å². The molecule has 0 aromatic heterocycles. The molecule has 2 nitrogen and oxygen atoms in total. The zero-order valence-corrected chi connectivity index (χ0v) is 9.59. The van der Waals surface area contributed by atoms with E-state index in [1.54, 1.807) is 7.11 Å². The molecule has 15 heavy (non-hydrogen) atoms. The van der Waals surface area contributed by atoms with E-state index in [2.05, 4.69) is 6.07 Å². The highest BCUT2D eigenvalue weighted by Crippen LogP contribution is 2.24. The number of nitrogens with zero attached hydrogens (tertiary/aromatic N) is 1. The van der Waals surface area contributed by atoms with E-state index in [0.717, 1.165) is 28.0 Å². The summed E-state index contributed by atoms with van der Waals surface area (Å²) in [6.45, 7) is 5.88. The van der Waals surface area contributed by atoms with E-state index < -0.39 is 0 Å². The minimum absolute atomic E-state index is 0.746. The molecule has 0 heterocycles. The lowest BCUT2D eigenvalue weighted by atomic mass is 9.98. The number of nitriles is 1. The van der Waals surface area contributed by atoms with Gasteiger partial charge in [-0.2, -0.15) is 5.26 Å². The zero-order valence-electron chi connectivity index (χ0n) is 9.59. The summed E-state index contributed by atoms with van der Waals surface area (Å²) in [5.74, 6) is 0.822. The molecule has 0 aliphatic rings. The van der Waals surface area contributed by atoms with Crippen LogP contribution in [0.4, 0.5) is 0 Å². The number of allylic oxidation sites excluding steroid dienone is 2. The number of hydrogen-bond acceptors (Lipinski definition) is 2. The van der Waals surface area contributed by atoms with Gasteiger partial charge in [0.2, 0.25) is 0 Å². The zero-order chi connectivity index (χ0) is 11.4. The maximum Gasteiger partial charge on any atom is 0.119 e. The van der Waals surface area contributed by atoms with Crippen LogP contribution in [0.1, 0.15) is 25.0 Å². The fourth-order valence-electron chi connectivity index (χ4n) is 1.49. The molecule has 0 aliphatic carbocycles. The summed E-state index contributed by atoms with van der Waals surface area (Å²) in [5, 5.41) is 9.06. The van der Waals surface area contributed by atoms with Crippen molar-refractivity contribution in [2.24, 2.45) is 0 Å². The third-order valence-corrected chi connectivity index (χ3v) is 2.31. The van der Waals surface area contributed by atoms with Crippen LogP contribution in [-0.4, -0.2) is 7.11 Å². The lowest BCUT2D eigenvalue weighted by molar-refractivity contribution is 0.414. The van der Waals surface area contributed by atoms with Crippen LogP contribution in [-0.2, 0) is 0 Å². The van der Waals surface area contributed by atoms with Gasteiger partial charge < -0.3 is 4.74 Å². The Labute approximate surface area is 90.8 Å². The van der Waals surface area contributed by atoms with Crippen LogP contribution in [0.3, 0.4) is 0 Å². The minimum Gasteiger partial charge on any atom is -0.497 e. The number of methoxy groups -OCH3 is 1. The van der Waals surface area contributed by atoms with Gasteiger partial charge in [0.05, 0.1) is 18.8 Å². The molecular formula is C13H15NO. The number of ether oxygens (including phenoxy) is 1. The summed E-state index contributed by atoms with van der Waals surface area (Å²) in [4.78, 5) is 0. The molecule has 0 amide bonds. The number of benzene rings is 1. The average molecular weight is 201 g/mol. The monoisotopic (exact) mass is 201 g/mol. The van der Waals surface area contributed by atoms with Gasteiger partial charge in [-0.25, -0.2) is 0 Å². The van der Waals surface area contributed by atoms with Crippen LogP contribution in [0.15, 0.2) is 23.8 Å². The van der Waals surface area contributed by atoms with Gasteiger partial charge >= 0.3 is 0 Å². The second kappa shape index (κ2) is 4.65. The molecule has 0 radical (unpaired) electrons. The van der Waals surface area contributed by atoms with Crippen LogP contribution < -0.4 is 4.74 Å². The van der Waals surface area contributed by atoms with Crippen molar-refractivity contribution in [2.75, 3.05) is 7.11 Å². The molecule has 0 saturated carbocycles. The standard InChI is InChI=1S/C13H15NO/c1-9(2)13(8-14)12-6-5-11(15-4)7-10(12)3/h5-7H,1-4H3. The molecule has 0 saturated heterocycles. The van der Waals surface area contributed by atoms with Gasteiger partial charge in [0.1, 0.15) is 5.75 Å². The van der Waals surface area contributed by atoms with E-state index >= 15 is 0 Å². The van der Waals surface area contributed by atoms with Crippen molar-refractivity contribution in [1.29, 1.82) is 5.26 Å². The van der Waals surface area contributed by atoms with E-state index in [-0.39, 0.29) is 0 Å². The molecule has 0 aliphatic heterocycles. The van der Waals surface area contributed by atoms with Gasteiger partial charge in [-0.3, -0.25) is 0 Å². The second-order valence-corrected chi connectivity index (χ2v) is 3.67. The highest BCUT2D eigenvalue weighted by atomic mass is 16.5. The van der Waals surface area contributed by atoms with Crippen molar-refractivity contribution in [3.05, 3.63) is 34.9 Å². The quantitative estimate of drug-likeness (QED) is 0.687. The Hall–Kier alpha value is -1.75. The normalized spacial score (nSPS) is 9.27. The molecular weight excluding hydrogens is 186 g/mol. The average Bonchev–Trinajstić information content (AvgIpc) is 2.20. The van der Waals surface area contributed by atoms with Crippen molar-refractivity contribution in [3.8, 4) is 11.8 Å². The number of hydrogen-bond donors (Lipinski definition) is 0. The summed E-state index contributed by atoms with van der Waals surface area (Å²) in [6, 6.07) is 7.98. The van der Waals surface area contributed by atoms with Crippen LogP contribution >= 0.6 is 0 Å². The van der Waals surface area contributed by atoms with Crippen LogP contribution in [0, 0.1) is 18.3 Å². The predicted molar refractivity (Wildman–Crippen MR) is 61.6 cm³/mol. The first kappa shape index (κ1) is 11.3. The van der Waals surface area contributed by atoms with Crippen LogP contribution in [0.2, 0.25) is 0 Å². The maximum atomic E-state index is 9.06. The fourth-order valence-corrected chi connectivity index (χ4v) is 1.49. The molecule has 2 heteroatoms. The molecule has 1 aromatic rings. The largest absolute Gasteiger partial charge is 0.497 e. The molecule has 0 bridgehead atoms. The van der Waals surface area contributed by atoms with Gasteiger partial charge in [-0.1, -0.05) is 5.57 Å². The van der Waals surface area contributed by atoms with E-state index in [1.165, 1.54) is 0 Å². The first-order chi connectivity index (χ1) is 7.10. The first-order valence-electron chi connectivity index (χ1n) is 4.82. The Bertz CT molecular complexity index is 434. The fraction of sp³-hybridized carbons (Fsp3) is 0.308. The van der Waals surface area contributed by atoms with Crippen molar-refractivity contribution in [1.82, 2.24) is 0 Å². The second-order valence-electron chi connectivity index (χ2n) is 3.67. The van der Waals surface area contributed by atoms with Crippen LogP contribution in [0.5, 0.6) is 5.75 Å². The van der Waals surface area contributed by atoms with Crippen molar-refractivity contribution in [2.45, 2.75) is 20.8 Å². The van der Waals surface area contributed by atoms with Crippen molar-refractivity contribution in [3.63, 3.8) is 0 Å². The third kappa shape index (κ3) is 2.38. The lowest BCUT2D eigenvalue weighted by Gasteiger charge is -2.08. The molecule has 0 atom stereocenters. The maximum absolute atomic E-state index is 9.06. The molecule has 0 spiro atoms. The molecule has 1 aromatic carbocycles. The predicted octanol–water partition coefficient (Wildman–Crippen LogP) is 3.32. The highest BCUT2D eigenvalue weighted by molar-refractivity contribution is 5.80. The third-order valence-electron chi connectivity index (χ3n) is 2.31. The van der Waals surface area contributed by atoms with Gasteiger partial charge in [0.25, 0.3) is 0 Å². The SMILES string of the molecule is COc1ccc(C(C#N)=C(C)C)c(C)c1. The van der Waals surface area contributed by atoms with Crippen molar-refractivity contribution >= 4 is 5.57 Å². The summed E-state index contributed by atoms with van der Waals surface area (Å²) >= 11 is 0. The minimum atomic E-state index is 0.746. The summed E-state index contributed by atoms with van der Waals surface area (Å²) in [5.41, 5.74) is 3.83. The lowest BCUT2D eigenvalue weighted by Crippen LogP contribution is -1.91. The Morgan fingerprint density at radius 1 is 1.33 bits per heavy atom. The van der Waals surface area contributed by atoms with Gasteiger partial charge in [-0.15, -0.1) is 0 Å². The topological polar surface area (TPSA) is 33.0 Å². The van der Waals surface area contributed by atoms with E-state index in [0.29, 0.717) is 0 Å². The van der Waals surface area contributed by atoms with E-state index in [4.69, 9.17) is 10.00 Å². The Kier molecular flexibility index (Phi) is 3.51. The Morgan fingerprint density at radius 3 is 2.40 bits per heavy atom. The first-order valence-corrected chi connectivity index (χ1v) is 4.82. The van der Waals surface area contributed by atoms with Gasteiger partial charge in [0.15, 0.2) is 0 Å². The molecule has 0 unspecified atom stereocenters. The smallest absolute Gasteiger partial charge is 0.119 e. The Morgan fingerprint density at radius 2 is 2.00 bits per heavy atom. The van der Waals surface area contributed by atoms with Crippen molar-refractivity contribution < 1.29 is 4.74 Å². The number of rotatable bonds is 2. The van der Waals surface area contributed by atoms with E-state index in [9.17, 15) is 0 Å².